The Hall–Kier alpha value is -4.13. The molecule has 0 aliphatic carbocycles. The third-order valence-corrected chi connectivity index (χ3v) is 4.49. The Labute approximate surface area is 186 Å². The van der Waals surface area contributed by atoms with Crippen LogP contribution in [0.4, 0.5) is 5.69 Å². The van der Waals surface area contributed by atoms with Crippen molar-refractivity contribution in [3.05, 3.63) is 95.6 Å². The van der Waals surface area contributed by atoms with Crippen LogP contribution in [0, 0.1) is 0 Å². The molecule has 3 aromatic rings. The predicted molar refractivity (Wildman–Crippen MR) is 121 cm³/mol. The molecule has 0 unspecified atom stereocenters. The minimum Gasteiger partial charge on any atom is -0.489 e. The van der Waals surface area contributed by atoms with Crippen molar-refractivity contribution < 1.29 is 23.9 Å². The van der Waals surface area contributed by atoms with Crippen LogP contribution < -0.4 is 10.1 Å². The topological polar surface area (TPSA) is 84.9 Å². The van der Waals surface area contributed by atoms with E-state index in [1.807, 2.05) is 30.3 Å². The fourth-order valence-electron chi connectivity index (χ4n) is 2.79. The number of rotatable bonds is 8. The Kier molecular flexibility index (Phi) is 7.59. The van der Waals surface area contributed by atoms with Gasteiger partial charge in [-0.2, -0.15) is 0 Å². The van der Waals surface area contributed by atoms with Gasteiger partial charge in [0.1, 0.15) is 12.4 Å². The van der Waals surface area contributed by atoms with Crippen molar-refractivity contribution in [3.8, 4) is 5.75 Å². The van der Waals surface area contributed by atoms with Gasteiger partial charge in [0.25, 0.3) is 11.8 Å². The van der Waals surface area contributed by atoms with Crippen LogP contribution in [-0.2, 0) is 16.1 Å². The number of benzene rings is 3. The summed E-state index contributed by atoms with van der Waals surface area (Å²) < 4.78 is 10.8. The molecule has 1 N–H and O–H groups in total. The first-order valence-electron chi connectivity index (χ1n) is 9.98. The highest BCUT2D eigenvalue weighted by atomic mass is 16.5. The Morgan fingerprint density at radius 1 is 0.812 bits per heavy atom. The number of anilines is 1. The number of amides is 2. The minimum absolute atomic E-state index is 0.131. The van der Waals surface area contributed by atoms with E-state index in [-0.39, 0.29) is 5.91 Å². The predicted octanol–water partition coefficient (Wildman–Crippen LogP) is 3.76. The fraction of sp³-hybridized carbons (Fsp3) is 0.160. The van der Waals surface area contributed by atoms with E-state index in [0.717, 1.165) is 5.56 Å². The van der Waals surface area contributed by atoms with Crippen molar-refractivity contribution in [2.24, 2.45) is 0 Å². The molecule has 0 fully saturated rings. The molecule has 0 aromatic heterocycles. The number of ether oxygens (including phenoxy) is 2. The van der Waals surface area contributed by atoms with E-state index in [2.05, 4.69) is 5.32 Å². The second kappa shape index (κ2) is 10.8. The van der Waals surface area contributed by atoms with Gasteiger partial charge in [-0.25, -0.2) is 4.79 Å². The molecule has 2 amide bonds. The maximum atomic E-state index is 12.2. The summed E-state index contributed by atoms with van der Waals surface area (Å²) in [4.78, 5) is 37.6. The number of carbonyl (C=O) groups is 3. The smallest absolute Gasteiger partial charge is 0.338 e. The second-order valence-electron chi connectivity index (χ2n) is 7.20. The minimum atomic E-state index is -0.610. The molecule has 0 bridgehead atoms. The van der Waals surface area contributed by atoms with Gasteiger partial charge in [0, 0.05) is 25.3 Å². The van der Waals surface area contributed by atoms with Crippen LogP contribution >= 0.6 is 0 Å². The summed E-state index contributed by atoms with van der Waals surface area (Å²) in [5.74, 6) is -0.595. The molecule has 0 atom stereocenters. The maximum Gasteiger partial charge on any atom is 0.338 e. The average Bonchev–Trinajstić information content (AvgIpc) is 2.82. The van der Waals surface area contributed by atoms with Crippen molar-refractivity contribution in [3.63, 3.8) is 0 Å². The number of carbonyl (C=O) groups excluding carboxylic acids is 3. The van der Waals surface area contributed by atoms with E-state index in [1.165, 1.54) is 4.90 Å². The largest absolute Gasteiger partial charge is 0.489 e. The molecule has 0 saturated heterocycles. The van der Waals surface area contributed by atoms with Crippen molar-refractivity contribution in [2.45, 2.75) is 6.61 Å². The van der Waals surface area contributed by atoms with E-state index in [9.17, 15) is 14.4 Å². The van der Waals surface area contributed by atoms with E-state index >= 15 is 0 Å². The SMILES string of the molecule is CN(C)C(=O)c1ccc(NC(=O)COC(=O)c2ccc(OCc3ccccc3)cc2)cc1. The lowest BCUT2D eigenvalue weighted by Gasteiger charge is -2.11. The highest BCUT2D eigenvalue weighted by Crippen LogP contribution is 2.15. The quantitative estimate of drug-likeness (QED) is 0.548. The summed E-state index contributed by atoms with van der Waals surface area (Å²) in [6.07, 6.45) is 0. The zero-order valence-electron chi connectivity index (χ0n) is 17.9. The van der Waals surface area contributed by atoms with E-state index < -0.39 is 18.5 Å². The molecule has 7 nitrogen and oxygen atoms in total. The van der Waals surface area contributed by atoms with Gasteiger partial charge >= 0.3 is 5.97 Å². The van der Waals surface area contributed by atoms with Gasteiger partial charge < -0.3 is 19.7 Å². The maximum absolute atomic E-state index is 12.2. The van der Waals surface area contributed by atoms with Crippen molar-refractivity contribution >= 4 is 23.5 Å². The molecule has 164 valence electrons. The molecule has 0 saturated carbocycles. The second-order valence-corrected chi connectivity index (χ2v) is 7.20. The summed E-state index contributed by atoms with van der Waals surface area (Å²) in [6, 6.07) is 22.7. The van der Waals surface area contributed by atoms with E-state index in [4.69, 9.17) is 9.47 Å². The lowest BCUT2D eigenvalue weighted by Crippen LogP contribution is -2.22. The standard InChI is InChI=1S/C25H24N2O5/c1-27(2)24(29)19-8-12-21(13-9-19)26-23(28)17-32-25(30)20-10-14-22(15-11-20)31-16-18-6-4-3-5-7-18/h3-15H,16-17H2,1-2H3,(H,26,28). The highest BCUT2D eigenvalue weighted by Gasteiger charge is 2.12. The van der Waals surface area contributed by atoms with Gasteiger partial charge in [0.2, 0.25) is 0 Å². The van der Waals surface area contributed by atoms with Gasteiger partial charge in [0.05, 0.1) is 5.56 Å². The van der Waals surface area contributed by atoms with Gasteiger partial charge in [-0.3, -0.25) is 9.59 Å². The van der Waals surface area contributed by atoms with Crippen molar-refractivity contribution in [2.75, 3.05) is 26.0 Å². The third kappa shape index (κ3) is 6.43. The summed E-state index contributed by atoms with van der Waals surface area (Å²) in [7, 11) is 3.33. The molecule has 7 heteroatoms. The van der Waals surface area contributed by atoms with Crippen LogP contribution in [0.3, 0.4) is 0 Å². The molecular weight excluding hydrogens is 408 g/mol. The Morgan fingerprint density at radius 2 is 1.44 bits per heavy atom. The highest BCUT2D eigenvalue weighted by molar-refractivity contribution is 5.97. The van der Waals surface area contributed by atoms with Gasteiger partial charge in [-0.15, -0.1) is 0 Å². The molecule has 0 aliphatic rings. The molecular formula is C25H24N2O5. The average molecular weight is 432 g/mol. The number of hydrogen-bond donors (Lipinski definition) is 1. The van der Waals surface area contributed by atoms with E-state index in [0.29, 0.717) is 29.2 Å². The van der Waals surface area contributed by atoms with Crippen LogP contribution in [0.15, 0.2) is 78.9 Å². The molecule has 0 aliphatic heterocycles. The molecule has 3 aromatic carbocycles. The molecule has 32 heavy (non-hydrogen) atoms. The monoisotopic (exact) mass is 432 g/mol. The lowest BCUT2D eigenvalue weighted by molar-refractivity contribution is -0.119. The number of nitrogens with zero attached hydrogens (tertiary/aromatic N) is 1. The number of nitrogens with one attached hydrogen (secondary N) is 1. The molecule has 0 spiro atoms. The molecule has 3 rings (SSSR count). The fourth-order valence-corrected chi connectivity index (χ4v) is 2.79. The summed E-state index contributed by atoms with van der Waals surface area (Å²) >= 11 is 0. The van der Waals surface area contributed by atoms with Crippen LogP contribution in [-0.4, -0.2) is 43.4 Å². The van der Waals surface area contributed by atoms with Gasteiger partial charge in [-0.05, 0) is 54.1 Å². The first-order valence-corrected chi connectivity index (χ1v) is 9.98. The van der Waals surface area contributed by atoms with Crippen LogP contribution in [0.25, 0.3) is 0 Å². The van der Waals surface area contributed by atoms with Gasteiger partial charge in [0.15, 0.2) is 6.61 Å². The van der Waals surface area contributed by atoms with Crippen molar-refractivity contribution in [1.29, 1.82) is 0 Å². The first-order chi connectivity index (χ1) is 15.4. The summed E-state index contributed by atoms with van der Waals surface area (Å²) in [5.41, 5.74) is 2.37. The van der Waals surface area contributed by atoms with Crippen LogP contribution in [0.2, 0.25) is 0 Å². The molecule has 0 heterocycles. The Balaban J connectivity index is 1.45. The van der Waals surface area contributed by atoms with Crippen LogP contribution in [0.1, 0.15) is 26.3 Å². The molecule has 0 radical (unpaired) electrons. The normalized spacial score (nSPS) is 10.2. The Morgan fingerprint density at radius 3 is 2.06 bits per heavy atom. The van der Waals surface area contributed by atoms with Gasteiger partial charge in [-0.1, -0.05) is 30.3 Å². The zero-order chi connectivity index (χ0) is 22.9. The summed E-state index contributed by atoms with van der Waals surface area (Å²) in [6.45, 7) is -0.00143. The Bertz CT molecular complexity index is 1060. The first kappa shape index (κ1) is 22.6. The number of hydrogen-bond acceptors (Lipinski definition) is 5. The summed E-state index contributed by atoms with van der Waals surface area (Å²) in [5, 5.41) is 2.62. The lowest BCUT2D eigenvalue weighted by atomic mass is 10.2. The van der Waals surface area contributed by atoms with Crippen molar-refractivity contribution in [1.82, 2.24) is 4.90 Å². The van der Waals surface area contributed by atoms with E-state index in [1.54, 1.807) is 62.6 Å². The zero-order valence-corrected chi connectivity index (χ0v) is 17.9. The van der Waals surface area contributed by atoms with Crippen LogP contribution in [0.5, 0.6) is 5.75 Å². The third-order valence-electron chi connectivity index (χ3n) is 4.49. The number of esters is 1.